The van der Waals surface area contributed by atoms with Crippen LogP contribution in [0.4, 0.5) is 5.13 Å². The van der Waals surface area contributed by atoms with Gasteiger partial charge in [0.25, 0.3) is 0 Å². The lowest BCUT2D eigenvalue weighted by atomic mass is 10.4. The van der Waals surface area contributed by atoms with Crippen molar-refractivity contribution < 1.29 is 14.6 Å². The molecule has 5 nitrogen and oxygen atoms in total. The largest absolute Gasteiger partial charge is 0.390 e. The molecule has 82 valence electrons. The van der Waals surface area contributed by atoms with Gasteiger partial charge in [0.15, 0.2) is 11.4 Å². The number of morpholine rings is 1. The average Bonchev–Trinajstić information content (AvgIpc) is 2.73. The Labute approximate surface area is 91.3 Å². The Bertz CT molecular complexity index is 347. The van der Waals surface area contributed by atoms with Crippen molar-refractivity contribution >= 4 is 22.8 Å². The van der Waals surface area contributed by atoms with Crippen LogP contribution in [0.3, 0.4) is 0 Å². The van der Waals surface area contributed by atoms with Crippen LogP contribution in [0.25, 0.3) is 0 Å². The molecular formula is C9H12N2O3S. The van der Waals surface area contributed by atoms with Gasteiger partial charge in [0.2, 0.25) is 0 Å². The number of aliphatic hydroxyl groups is 1. The van der Waals surface area contributed by atoms with Gasteiger partial charge in [0.1, 0.15) is 0 Å². The molecule has 0 atom stereocenters. The van der Waals surface area contributed by atoms with E-state index < -0.39 is 0 Å². The number of rotatable bonds is 3. The van der Waals surface area contributed by atoms with Gasteiger partial charge < -0.3 is 14.7 Å². The third-order valence-corrected chi connectivity index (χ3v) is 3.34. The standard InChI is InChI=1S/C9H12N2O3S/c12-5-7-8(6-13)15-9(10-7)11-1-3-14-4-2-11/h6,12H,1-5H2. The molecule has 0 bridgehead atoms. The Hall–Kier alpha value is -0.980. The maximum atomic E-state index is 10.7. The molecule has 1 N–H and O–H groups in total. The Kier molecular flexibility index (Phi) is 3.30. The summed E-state index contributed by atoms with van der Waals surface area (Å²) in [6.07, 6.45) is 0.743. The summed E-state index contributed by atoms with van der Waals surface area (Å²) in [5.74, 6) is 0. The molecule has 0 unspecified atom stereocenters. The van der Waals surface area contributed by atoms with Gasteiger partial charge in [-0.25, -0.2) is 4.98 Å². The van der Waals surface area contributed by atoms with Gasteiger partial charge >= 0.3 is 0 Å². The fraction of sp³-hybridized carbons (Fsp3) is 0.556. The van der Waals surface area contributed by atoms with Crippen molar-refractivity contribution in [2.24, 2.45) is 0 Å². The number of anilines is 1. The van der Waals surface area contributed by atoms with Gasteiger partial charge in [0, 0.05) is 13.1 Å². The van der Waals surface area contributed by atoms with E-state index in [0.717, 1.165) is 24.5 Å². The number of hydrogen-bond acceptors (Lipinski definition) is 6. The van der Waals surface area contributed by atoms with Crippen LogP contribution in [0.5, 0.6) is 0 Å². The van der Waals surface area contributed by atoms with Crippen LogP contribution >= 0.6 is 11.3 Å². The summed E-state index contributed by atoms with van der Waals surface area (Å²) < 4.78 is 5.23. The molecule has 0 spiro atoms. The van der Waals surface area contributed by atoms with Crippen molar-refractivity contribution in [1.82, 2.24) is 4.98 Å². The number of aromatic nitrogens is 1. The quantitative estimate of drug-likeness (QED) is 0.753. The summed E-state index contributed by atoms with van der Waals surface area (Å²) in [6.45, 7) is 2.76. The van der Waals surface area contributed by atoms with Crippen LogP contribution in [-0.4, -0.2) is 42.7 Å². The first-order chi connectivity index (χ1) is 7.35. The Morgan fingerprint density at radius 1 is 1.53 bits per heavy atom. The maximum absolute atomic E-state index is 10.7. The molecule has 0 radical (unpaired) electrons. The first kappa shape index (κ1) is 10.5. The molecule has 2 rings (SSSR count). The topological polar surface area (TPSA) is 62.7 Å². The minimum absolute atomic E-state index is 0.186. The minimum Gasteiger partial charge on any atom is -0.390 e. The van der Waals surface area contributed by atoms with Crippen molar-refractivity contribution in [2.75, 3.05) is 31.2 Å². The predicted octanol–water partition coefficient (Wildman–Crippen LogP) is 0.285. The number of nitrogens with zero attached hydrogens (tertiary/aromatic N) is 2. The molecule has 1 aliphatic heterocycles. The normalized spacial score (nSPS) is 16.7. The monoisotopic (exact) mass is 228 g/mol. The van der Waals surface area contributed by atoms with E-state index in [1.807, 2.05) is 0 Å². The highest BCUT2D eigenvalue weighted by molar-refractivity contribution is 7.17. The van der Waals surface area contributed by atoms with Crippen molar-refractivity contribution in [3.05, 3.63) is 10.6 Å². The first-order valence-electron chi connectivity index (χ1n) is 4.73. The molecule has 15 heavy (non-hydrogen) atoms. The fourth-order valence-corrected chi connectivity index (χ4v) is 2.39. The first-order valence-corrected chi connectivity index (χ1v) is 5.55. The molecule has 0 aliphatic carbocycles. The van der Waals surface area contributed by atoms with E-state index in [-0.39, 0.29) is 6.61 Å². The summed E-state index contributed by atoms with van der Waals surface area (Å²) in [4.78, 5) is 17.5. The van der Waals surface area contributed by atoms with Gasteiger partial charge in [-0.3, -0.25) is 4.79 Å². The van der Waals surface area contributed by atoms with E-state index in [4.69, 9.17) is 9.84 Å². The van der Waals surface area contributed by atoms with Gasteiger partial charge in [-0.2, -0.15) is 0 Å². The van der Waals surface area contributed by atoms with Gasteiger partial charge in [0.05, 0.1) is 30.4 Å². The summed E-state index contributed by atoms with van der Waals surface area (Å²) in [5.41, 5.74) is 0.469. The van der Waals surface area contributed by atoms with Crippen LogP contribution < -0.4 is 4.90 Å². The fourth-order valence-electron chi connectivity index (χ4n) is 1.45. The molecule has 6 heteroatoms. The molecule has 0 aromatic carbocycles. The van der Waals surface area contributed by atoms with Crippen LogP contribution in [-0.2, 0) is 11.3 Å². The zero-order valence-electron chi connectivity index (χ0n) is 8.18. The molecule has 2 heterocycles. The Balaban J connectivity index is 2.19. The highest BCUT2D eigenvalue weighted by Gasteiger charge is 2.17. The third-order valence-electron chi connectivity index (χ3n) is 2.25. The van der Waals surface area contributed by atoms with Gasteiger partial charge in [-0.15, -0.1) is 0 Å². The molecule has 1 aromatic heterocycles. The lowest BCUT2D eigenvalue weighted by molar-refractivity contribution is 0.112. The zero-order chi connectivity index (χ0) is 10.7. The van der Waals surface area contributed by atoms with Crippen LogP contribution in [0.1, 0.15) is 15.4 Å². The zero-order valence-corrected chi connectivity index (χ0v) is 9.00. The van der Waals surface area contributed by atoms with Crippen LogP contribution in [0.15, 0.2) is 0 Å². The molecule has 1 fully saturated rings. The van der Waals surface area contributed by atoms with E-state index in [0.29, 0.717) is 23.8 Å². The summed E-state index contributed by atoms with van der Waals surface area (Å²) in [6, 6.07) is 0. The van der Waals surface area contributed by atoms with Crippen molar-refractivity contribution in [2.45, 2.75) is 6.61 Å². The smallest absolute Gasteiger partial charge is 0.186 e. The molecule has 0 saturated carbocycles. The number of carbonyl (C=O) groups excluding carboxylic acids is 1. The number of aldehydes is 1. The van der Waals surface area contributed by atoms with E-state index in [1.165, 1.54) is 11.3 Å². The molecule has 1 aromatic rings. The third kappa shape index (κ3) is 2.17. The summed E-state index contributed by atoms with van der Waals surface area (Å²) in [5, 5.41) is 9.80. The van der Waals surface area contributed by atoms with Gasteiger partial charge in [-0.05, 0) is 0 Å². The van der Waals surface area contributed by atoms with Crippen LogP contribution in [0, 0.1) is 0 Å². The maximum Gasteiger partial charge on any atom is 0.186 e. The van der Waals surface area contributed by atoms with Crippen molar-refractivity contribution in [3.8, 4) is 0 Å². The Morgan fingerprint density at radius 3 is 2.80 bits per heavy atom. The van der Waals surface area contributed by atoms with Crippen molar-refractivity contribution in [3.63, 3.8) is 0 Å². The summed E-state index contributed by atoms with van der Waals surface area (Å²) >= 11 is 1.32. The number of ether oxygens (including phenoxy) is 1. The average molecular weight is 228 g/mol. The number of hydrogen-bond donors (Lipinski definition) is 1. The van der Waals surface area contributed by atoms with Crippen molar-refractivity contribution in [1.29, 1.82) is 0 Å². The highest BCUT2D eigenvalue weighted by Crippen LogP contribution is 2.25. The number of carbonyl (C=O) groups is 1. The molecular weight excluding hydrogens is 216 g/mol. The molecule has 1 aliphatic rings. The van der Waals surface area contributed by atoms with E-state index in [2.05, 4.69) is 9.88 Å². The molecule has 1 saturated heterocycles. The second-order valence-electron chi connectivity index (χ2n) is 3.18. The second kappa shape index (κ2) is 4.69. The number of aliphatic hydroxyl groups excluding tert-OH is 1. The van der Waals surface area contributed by atoms with Crippen LogP contribution in [0.2, 0.25) is 0 Å². The second-order valence-corrected chi connectivity index (χ2v) is 4.19. The van der Waals surface area contributed by atoms with Gasteiger partial charge in [-0.1, -0.05) is 11.3 Å². The van der Waals surface area contributed by atoms with E-state index >= 15 is 0 Å². The molecule has 0 amide bonds. The van der Waals surface area contributed by atoms with E-state index in [9.17, 15) is 4.79 Å². The lowest BCUT2D eigenvalue weighted by Gasteiger charge is -2.25. The van der Waals surface area contributed by atoms with E-state index in [1.54, 1.807) is 0 Å². The number of thiazole rings is 1. The predicted molar refractivity (Wildman–Crippen MR) is 56.5 cm³/mol. The minimum atomic E-state index is -0.186. The lowest BCUT2D eigenvalue weighted by Crippen LogP contribution is -2.36. The Morgan fingerprint density at radius 2 is 2.27 bits per heavy atom. The summed E-state index contributed by atoms with van der Waals surface area (Å²) in [7, 11) is 0. The SMILES string of the molecule is O=Cc1sc(N2CCOCC2)nc1CO. The highest BCUT2D eigenvalue weighted by atomic mass is 32.1.